The molecule has 0 spiro atoms. The summed E-state index contributed by atoms with van der Waals surface area (Å²) in [6.07, 6.45) is 4.62. The number of nitrogens with two attached hydrogens (primary N) is 1. The number of halogens is 1. The third kappa shape index (κ3) is 2.76. The predicted molar refractivity (Wildman–Crippen MR) is 80.9 cm³/mol. The van der Waals surface area contributed by atoms with E-state index in [1.165, 1.54) is 19.4 Å². The lowest BCUT2D eigenvalue weighted by atomic mass is 9.97. The largest absolute Gasteiger partial charge is 0.398 e. The second-order valence-electron chi connectivity index (χ2n) is 5.76. The Bertz CT molecular complexity index is 520. The molecule has 0 radical (unpaired) electrons. The lowest BCUT2D eigenvalue weighted by Gasteiger charge is -2.35. The van der Waals surface area contributed by atoms with Crippen LogP contribution in [0.2, 0.25) is 5.02 Å². The molecule has 108 valence electrons. The van der Waals surface area contributed by atoms with E-state index in [-0.39, 0.29) is 11.9 Å². The van der Waals surface area contributed by atoms with Crippen molar-refractivity contribution in [3.05, 3.63) is 28.8 Å². The number of carbonyl (C=O) groups is 1. The molecule has 1 aromatic carbocycles. The Kier molecular flexibility index (Phi) is 3.85. The van der Waals surface area contributed by atoms with Crippen LogP contribution in [0.15, 0.2) is 18.2 Å². The molecule has 0 bridgehead atoms. The molecule has 2 aliphatic rings. The monoisotopic (exact) mass is 293 g/mol. The van der Waals surface area contributed by atoms with E-state index in [4.69, 9.17) is 17.3 Å². The summed E-state index contributed by atoms with van der Waals surface area (Å²) in [5, 5.41) is 3.67. The number of fused-ring (bicyclic) bond motifs is 1. The fraction of sp³-hybridized carbons (Fsp3) is 0.533. The van der Waals surface area contributed by atoms with Crippen LogP contribution in [-0.2, 0) is 0 Å². The number of carbonyl (C=O) groups excluding carboxylic acids is 1. The first-order valence-electron chi connectivity index (χ1n) is 7.23. The highest BCUT2D eigenvalue weighted by Crippen LogP contribution is 2.27. The average Bonchev–Trinajstić information content (AvgIpc) is 2.85. The summed E-state index contributed by atoms with van der Waals surface area (Å²) in [4.78, 5) is 14.8. The van der Waals surface area contributed by atoms with Crippen LogP contribution in [0.3, 0.4) is 0 Å². The van der Waals surface area contributed by atoms with E-state index in [9.17, 15) is 4.79 Å². The van der Waals surface area contributed by atoms with Crippen LogP contribution in [0.1, 0.15) is 36.0 Å². The minimum Gasteiger partial charge on any atom is -0.398 e. The summed E-state index contributed by atoms with van der Waals surface area (Å²) in [5.74, 6) is -0.0874. The highest BCUT2D eigenvalue weighted by molar-refractivity contribution is 6.31. The van der Waals surface area contributed by atoms with Crippen molar-refractivity contribution in [1.29, 1.82) is 0 Å². The van der Waals surface area contributed by atoms with Gasteiger partial charge in [0.2, 0.25) is 0 Å². The van der Waals surface area contributed by atoms with Crippen molar-refractivity contribution in [2.45, 2.75) is 37.8 Å². The molecule has 2 fully saturated rings. The van der Waals surface area contributed by atoms with E-state index < -0.39 is 0 Å². The Morgan fingerprint density at radius 2 is 2.20 bits per heavy atom. The SMILES string of the molecule is Nc1cc(Cl)ccc1C(=O)NC1CCN2CCCC2C1. The van der Waals surface area contributed by atoms with Crippen LogP contribution >= 0.6 is 11.6 Å². The first kappa shape index (κ1) is 13.7. The van der Waals surface area contributed by atoms with Gasteiger partial charge < -0.3 is 16.0 Å². The van der Waals surface area contributed by atoms with Crippen molar-refractivity contribution in [2.75, 3.05) is 18.8 Å². The van der Waals surface area contributed by atoms with Crippen molar-refractivity contribution < 1.29 is 4.79 Å². The number of hydrogen-bond acceptors (Lipinski definition) is 3. The lowest BCUT2D eigenvalue weighted by molar-refractivity contribution is 0.0897. The number of piperidine rings is 1. The number of nitrogen functional groups attached to an aromatic ring is 1. The summed E-state index contributed by atoms with van der Waals surface area (Å²) in [5.41, 5.74) is 6.81. The first-order valence-corrected chi connectivity index (χ1v) is 7.61. The number of rotatable bonds is 2. The quantitative estimate of drug-likeness (QED) is 0.823. The third-order valence-electron chi connectivity index (χ3n) is 4.41. The fourth-order valence-corrected chi connectivity index (χ4v) is 3.54. The molecule has 5 heteroatoms. The summed E-state index contributed by atoms with van der Waals surface area (Å²) in [6, 6.07) is 5.92. The van der Waals surface area contributed by atoms with E-state index in [1.54, 1.807) is 18.2 Å². The molecule has 2 atom stereocenters. The highest BCUT2D eigenvalue weighted by atomic mass is 35.5. The van der Waals surface area contributed by atoms with Crippen molar-refractivity contribution in [1.82, 2.24) is 10.2 Å². The van der Waals surface area contributed by atoms with E-state index in [0.29, 0.717) is 22.3 Å². The molecular weight excluding hydrogens is 274 g/mol. The zero-order chi connectivity index (χ0) is 14.1. The fourth-order valence-electron chi connectivity index (χ4n) is 3.36. The van der Waals surface area contributed by atoms with Gasteiger partial charge >= 0.3 is 0 Å². The molecule has 2 saturated heterocycles. The van der Waals surface area contributed by atoms with Gasteiger partial charge in [-0.3, -0.25) is 4.79 Å². The Labute approximate surface area is 124 Å². The first-order chi connectivity index (χ1) is 9.63. The van der Waals surface area contributed by atoms with Crippen LogP contribution < -0.4 is 11.1 Å². The van der Waals surface area contributed by atoms with Crippen molar-refractivity contribution in [3.8, 4) is 0 Å². The van der Waals surface area contributed by atoms with E-state index in [2.05, 4.69) is 10.2 Å². The molecule has 2 unspecified atom stereocenters. The van der Waals surface area contributed by atoms with E-state index >= 15 is 0 Å². The van der Waals surface area contributed by atoms with Crippen LogP contribution in [0.5, 0.6) is 0 Å². The van der Waals surface area contributed by atoms with Gasteiger partial charge in [-0.25, -0.2) is 0 Å². The normalized spacial score (nSPS) is 26.2. The maximum absolute atomic E-state index is 12.3. The molecule has 0 aromatic heterocycles. The van der Waals surface area contributed by atoms with Gasteiger partial charge in [-0.1, -0.05) is 11.6 Å². The Morgan fingerprint density at radius 3 is 3.00 bits per heavy atom. The molecule has 2 heterocycles. The molecule has 3 rings (SSSR count). The molecular formula is C15H20ClN3O. The minimum atomic E-state index is -0.0874. The van der Waals surface area contributed by atoms with Crippen LogP contribution in [-0.4, -0.2) is 36.0 Å². The zero-order valence-corrected chi connectivity index (χ0v) is 12.2. The maximum Gasteiger partial charge on any atom is 0.253 e. The maximum atomic E-state index is 12.3. The molecule has 1 amide bonds. The van der Waals surface area contributed by atoms with E-state index in [1.807, 2.05) is 0 Å². The lowest BCUT2D eigenvalue weighted by Crippen LogP contribution is -2.47. The zero-order valence-electron chi connectivity index (χ0n) is 11.4. The van der Waals surface area contributed by atoms with Gasteiger partial charge in [-0.15, -0.1) is 0 Å². The molecule has 4 nitrogen and oxygen atoms in total. The van der Waals surface area contributed by atoms with Gasteiger partial charge in [0.1, 0.15) is 0 Å². The van der Waals surface area contributed by atoms with Crippen LogP contribution in [0.4, 0.5) is 5.69 Å². The van der Waals surface area contributed by atoms with Gasteiger partial charge in [0.05, 0.1) is 5.56 Å². The van der Waals surface area contributed by atoms with Gasteiger partial charge in [0.25, 0.3) is 5.91 Å². The third-order valence-corrected chi connectivity index (χ3v) is 4.65. The Morgan fingerprint density at radius 1 is 1.35 bits per heavy atom. The number of benzene rings is 1. The Balaban J connectivity index is 1.64. The van der Waals surface area contributed by atoms with Gasteiger partial charge in [0, 0.05) is 29.3 Å². The van der Waals surface area contributed by atoms with Crippen molar-refractivity contribution in [2.24, 2.45) is 0 Å². The van der Waals surface area contributed by atoms with Gasteiger partial charge in [-0.05, 0) is 50.4 Å². The summed E-state index contributed by atoms with van der Waals surface area (Å²) < 4.78 is 0. The smallest absolute Gasteiger partial charge is 0.253 e. The van der Waals surface area contributed by atoms with Gasteiger partial charge in [0.15, 0.2) is 0 Å². The standard InChI is InChI=1S/C15H20ClN3O/c16-10-3-4-13(14(17)8-10)15(20)18-11-5-7-19-6-1-2-12(19)9-11/h3-4,8,11-12H,1-2,5-7,9,17H2,(H,18,20). The second-order valence-corrected chi connectivity index (χ2v) is 6.19. The molecule has 0 aliphatic carbocycles. The predicted octanol–water partition coefficient (Wildman–Crippen LogP) is 2.28. The highest BCUT2D eigenvalue weighted by Gasteiger charge is 2.32. The molecule has 0 saturated carbocycles. The number of hydrogen-bond donors (Lipinski definition) is 2. The number of nitrogens with one attached hydrogen (secondary N) is 1. The molecule has 20 heavy (non-hydrogen) atoms. The second kappa shape index (κ2) is 5.62. The summed E-state index contributed by atoms with van der Waals surface area (Å²) in [7, 11) is 0. The molecule has 2 aliphatic heterocycles. The summed E-state index contributed by atoms with van der Waals surface area (Å²) in [6.45, 7) is 2.31. The van der Waals surface area contributed by atoms with E-state index in [0.717, 1.165) is 19.4 Å². The number of nitrogens with zero attached hydrogens (tertiary/aromatic N) is 1. The molecule has 1 aromatic rings. The minimum absolute atomic E-state index is 0.0874. The number of amides is 1. The average molecular weight is 294 g/mol. The molecule has 3 N–H and O–H groups in total. The topological polar surface area (TPSA) is 58.4 Å². The van der Waals surface area contributed by atoms with Gasteiger partial charge in [-0.2, -0.15) is 0 Å². The van der Waals surface area contributed by atoms with Crippen LogP contribution in [0, 0.1) is 0 Å². The van der Waals surface area contributed by atoms with Crippen molar-refractivity contribution in [3.63, 3.8) is 0 Å². The number of anilines is 1. The summed E-state index contributed by atoms with van der Waals surface area (Å²) >= 11 is 5.86. The van der Waals surface area contributed by atoms with Crippen LogP contribution in [0.25, 0.3) is 0 Å². The Hall–Kier alpha value is -1.26. The van der Waals surface area contributed by atoms with Crippen molar-refractivity contribution >= 4 is 23.2 Å².